The van der Waals surface area contributed by atoms with Crippen molar-refractivity contribution in [1.29, 1.82) is 0 Å². The molecule has 0 spiro atoms. The molecule has 0 atom stereocenters. The molecule has 1 aromatic carbocycles. The minimum absolute atomic E-state index is 0.290. The second kappa shape index (κ2) is 6.05. The molecule has 0 amide bonds. The molecule has 1 N–H and O–H groups in total. The molecule has 15 heavy (non-hydrogen) atoms. The van der Waals surface area contributed by atoms with E-state index in [9.17, 15) is 4.39 Å². The van der Waals surface area contributed by atoms with Gasteiger partial charge in [-0.25, -0.2) is 4.39 Å². The summed E-state index contributed by atoms with van der Waals surface area (Å²) in [6.45, 7) is 2.65. The molecule has 0 aliphatic carbocycles. The fourth-order valence-corrected chi connectivity index (χ4v) is 1.20. The van der Waals surface area contributed by atoms with E-state index in [0.717, 1.165) is 5.56 Å². The Morgan fingerprint density at radius 3 is 2.87 bits per heavy atom. The number of halogens is 1. The van der Waals surface area contributed by atoms with Crippen molar-refractivity contribution in [3.05, 3.63) is 29.6 Å². The first kappa shape index (κ1) is 11.5. The van der Waals surface area contributed by atoms with Crippen LogP contribution in [0.5, 0.6) is 5.75 Å². The third kappa shape index (κ3) is 4.01. The number of rotatable bonds is 4. The highest BCUT2D eigenvalue weighted by atomic mass is 19.1. The summed E-state index contributed by atoms with van der Waals surface area (Å²) in [6.07, 6.45) is 0. The van der Waals surface area contributed by atoms with Crippen LogP contribution in [-0.4, -0.2) is 13.7 Å². The molecule has 3 heteroatoms. The van der Waals surface area contributed by atoms with E-state index in [2.05, 4.69) is 17.2 Å². The molecular formula is C12H14FNO. The third-order valence-corrected chi connectivity index (χ3v) is 1.80. The first-order chi connectivity index (χ1) is 7.26. The van der Waals surface area contributed by atoms with Gasteiger partial charge < -0.3 is 10.1 Å². The zero-order chi connectivity index (χ0) is 11.1. The van der Waals surface area contributed by atoms with Gasteiger partial charge in [-0.2, -0.15) is 0 Å². The Kier molecular flexibility index (Phi) is 4.65. The van der Waals surface area contributed by atoms with E-state index < -0.39 is 0 Å². The van der Waals surface area contributed by atoms with Crippen molar-refractivity contribution >= 4 is 0 Å². The van der Waals surface area contributed by atoms with E-state index in [-0.39, 0.29) is 5.82 Å². The Hall–Kier alpha value is -1.53. The van der Waals surface area contributed by atoms with Gasteiger partial charge in [0, 0.05) is 12.6 Å². The Morgan fingerprint density at radius 2 is 2.20 bits per heavy atom. The lowest BCUT2D eigenvalue weighted by Gasteiger charge is -2.05. The van der Waals surface area contributed by atoms with Gasteiger partial charge in [0.15, 0.2) is 0 Å². The second-order valence-electron chi connectivity index (χ2n) is 3.04. The van der Waals surface area contributed by atoms with Gasteiger partial charge in [-0.05, 0) is 31.7 Å². The number of benzene rings is 1. The predicted octanol–water partition coefficient (Wildman–Crippen LogP) is 1.95. The average Bonchev–Trinajstić information content (AvgIpc) is 2.18. The summed E-state index contributed by atoms with van der Waals surface area (Å²) in [5.74, 6) is 5.70. The lowest BCUT2D eigenvalue weighted by molar-refractivity contribution is 0.367. The van der Waals surface area contributed by atoms with Crippen LogP contribution in [0.4, 0.5) is 4.39 Å². The van der Waals surface area contributed by atoms with Crippen LogP contribution >= 0.6 is 0 Å². The van der Waals surface area contributed by atoms with E-state index in [1.165, 1.54) is 12.1 Å². The Morgan fingerprint density at radius 1 is 1.40 bits per heavy atom. The summed E-state index contributed by atoms with van der Waals surface area (Å²) in [5, 5.41) is 2.96. The van der Waals surface area contributed by atoms with E-state index in [1.807, 2.05) is 7.05 Å². The molecule has 80 valence electrons. The highest BCUT2D eigenvalue weighted by molar-refractivity contribution is 5.29. The Bertz CT molecular complexity index is 379. The minimum Gasteiger partial charge on any atom is -0.481 e. The number of hydrogen-bond donors (Lipinski definition) is 1. The van der Waals surface area contributed by atoms with Crippen molar-refractivity contribution in [2.75, 3.05) is 13.7 Å². The fourth-order valence-electron chi connectivity index (χ4n) is 1.20. The van der Waals surface area contributed by atoms with Gasteiger partial charge in [-0.3, -0.25) is 0 Å². The summed E-state index contributed by atoms with van der Waals surface area (Å²) in [4.78, 5) is 0. The van der Waals surface area contributed by atoms with Crippen LogP contribution in [0.1, 0.15) is 12.5 Å². The average molecular weight is 207 g/mol. The van der Waals surface area contributed by atoms with Crippen LogP contribution in [0.15, 0.2) is 18.2 Å². The summed E-state index contributed by atoms with van der Waals surface area (Å²) >= 11 is 0. The molecule has 0 aliphatic rings. The molecule has 0 saturated heterocycles. The lowest BCUT2D eigenvalue weighted by atomic mass is 10.2. The van der Waals surface area contributed by atoms with Crippen LogP contribution in [0, 0.1) is 17.7 Å². The van der Waals surface area contributed by atoms with Crippen LogP contribution in [-0.2, 0) is 6.54 Å². The molecule has 0 aliphatic heterocycles. The molecule has 0 unspecified atom stereocenters. The maximum absolute atomic E-state index is 13.1. The quantitative estimate of drug-likeness (QED) is 0.762. The smallest absolute Gasteiger partial charge is 0.149 e. The van der Waals surface area contributed by atoms with Crippen molar-refractivity contribution in [3.63, 3.8) is 0 Å². The second-order valence-corrected chi connectivity index (χ2v) is 3.04. The van der Waals surface area contributed by atoms with Gasteiger partial charge in [0.1, 0.15) is 18.2 Å². The van der Waals surface area contributed by atoms with Gasteiger partial charge in [0.25, 0.3) is 0 Å². The van der Waals surface area contributed by atoms with Crippen molar-refractivity contribution < 1.29 is 9.13 Å². The maximum Gasteiger partial charge on any atom is 0.149 e. The molecule has 1 rings (SSSR count). The lowest BCUT2D eigenvalue weighted by Crippen LogP contribution is -2.06. The van der Waals surface area contributed by atoms with E-state index in [1.54, 1.807) is 13.0 Å². The van der Waals surface area contributed by atoms with Crippen LogP contribution in [0.3, 0.4) is 0 Å². The molecule has 0 fully saturated rings. The molecular weight excluding hydrogens is 193 g/mol. The Labute approximate surface area is 89.4 Å². The van der Waals surface area contributed by atoms with Gasteiger partial charge in [-0.1, -0.05) is 5.92 Å². The maximum atomic E-state index is 13.1. The third-order valence-electron chi connectivity index (χ3n) is 1.80. The molecule has 0 heterocycles. The van der Waals surface area contributed by atoms with Crippen LogP contribution in [0.2, 0.25) is 0 Å². The standard InChI is InChI=1S/C12H14FNO/c1-3-4-5-15-12-7-10(9-14-2)6-11(13)8-12/h6-8,14H,5,9H2,1-2H3. The van der Waals surface area contributed by atoms with Crippen LogP contribution < -0.4 is 10.1 Å². The van der Waals surface area contributed by atoms with E-state index >= 15 is 0 Å². The summed E-state index contributed by atoms with van der Waals surface area (Å²) in [7, 11) is 1.81. The van der Waals surface area contributed by atoms with Gasteiger partial charge in [0.05, 0.1) is 0 Å². The zero-order valence-corrected chi connectivity index (χ0v) is 8.93. The monoisotopic (exact) mass is 207 g/mol. The zero-order valence-electron chi connectivity index (χ0n) is 8.93. The molecule has 0 bridgehead atoms. The molecule has 1 aromatic rings. The molecule has 0 radical (unpaired) electrons. The summed E-state index contributed by atoms with van der Waals surface area (Å²) in [6, 6.07) is 4.64. The Balaban J connectivity index is 2.72. The number of hydrogen-bond acceptors (Lipinski definition) is 2. The summed E-state index contributed by atoms with van der Waals surface area (Å²) < 4.78 is 18.4. The largest absolute Gasteiger partial charge is 0.481 e. The topological polar surface area (TPSA) is 21.3 Å². The normalized spacial score (nSPS) is 9.27. The van der Waals surface area contributed by atoms with Crippen molar-refractivity contribution in [2.45, 2.75) is 13.5 Å². The number of nitrogens with one attached hydrogen (secondary N) is 1. The first-order valence-corrected chi connectivity index (χ1v) is 4.72. The van der Waals surface area contributed by atoms with Gasteiger partial charge >= 0.3 is 0 Å². The van der Waals surface area contributed by atoms with E-state index in [4.69, 9.17) is 4.74 Å². The summed E-state index contributed by atoms with van der Waals surface area (Å²) in [5.41, 5.74) is 0.858. The van der Waals surface area contributed by atoms with Gasteiger partial charge in [-0.15, -0.1) is 5.92 Å². The van der Waals surface area contributed by atoms with Crippen molar-refractivity contribution in [3.8, 4) is 17.6 Å². The predicted molar refractivity (Wildman–Crippen MR) is 58.1 cm³/mol. The molecule has 2 nitrogen and oxygen atoms in total. The number of ether oxygens (including phenoxy) is 1. The molecule has 0 aromatic heterocycles. The highest BCUT2D eigenvalue weighted by Gasteiger charge is 2.00. The highest BCUT2D eigenvalue weighted by Crippen LogP contribution is 2.16. The van der Waals surface area contributed by atoms with Crippen molar-refractivity contribution in [1.82, 2.24) is 5.32 Å². The van der Waals surface area contributed by atoms with E-state index in [0.29, 0.717) is 18.9 Å². The SMILES string of the molecule is CC#CCOc1cc(F)cc(CNC)c1. The van der Waals surface area contributed by atoms with Crippen molar-refractivity contribution in [2.24, 2.45) is 0 Å². The van der Waals surface area contributed by atoms with Gasteiger partial charge in [0.2, 0.25) is 0 Å². The minimum atomic E-state index is -0.290. The van der Waals surface area contributed by atoms with Crippen LogP contribution in [0.25, 0.3) is 0 Å². The molecule has 0 saturated carbocycles. The first-order valence-electron chi connectivity index (χ1n) is 4.72. The fraction of sp³-hybridized carbons (Fsp3) is 0.333.